The maximum atomic E-state index is 11.8. The molecule has 0 aliphatic rings. The van der Waals surface area contributed by atoms with Crippen LogP contribution in [0.3, 0.4) is 0 Å². The molecule has 124 valence electrons. The summed E-state index contributed by atoms with van der Waals surface area (Å²) >= 11 is 0. The Labute approximate surface area is 137 Å². The van der Waals surface area contributed by atoms with Gasteiger partial charge in [-0.2, -0.15) is 0 Å². The molecule has 2 rings (SSSR count). The van der Waals surface area contributed by atoms with Gasteiger partial charge in [0.2, 0.25) is 5.91 Å². The zero-order valence-corrected chi connectivity index (χ0v) is 13.6. The number of rotatable bonds is 9. The molecule has 0 radical (unpaired) electrons. The van der Waals surface area contributed by atoms with Crippen LogP contribution in [0, 0.1) is 0 Å². The van der Waals surface area contributed by atoms with Gasteiger partial charge in [-0.25, -0.2) is 0 Å². The van der Waals surface area contributed by atoms with E-state index in [-0.39, 0.29) is 11.9 Å². The summed E-state index contributed by atoms with van der Waals surface area (Å²) in [5, 5.41) is 11.0. The first-order valence-electron chi connectivity index (χ1n) is 8.14. The molecule has 0 saturated carbocycles. The average Bonchev–Trinajstić information content (AvgIpc) is 3.02. The predicted molar refractivity (Wildman–Crippen MR) is 89.6 cm³/mol. The molecule has 23 heavy (non-hydrogen) atoms. The second-order valence-electron chi connectivity index (χ2n) is 5.65. The fraction of sp³-hybridized carbons (Fsp3) is 0.471. The van der Waals surface area contributed by atoms with Crippen LogP contribution < -0.4 is 11.1 Å². The van der Waals surface area contributed by atoms with Crippen LogP contribution in [0.4, 0.5) is 0 Å². The first-order valence-corrected chi connectivity index (χ1v) is 8.14. The molecule has 0 aliphatic carbocycles. The van der Waals surface area contributed by atoms with Crippen molar-refractivity contribution < 1.29 is 4.79 Å². The Hall–Kier alpha value is -2.21. The molecule has 0 aliphatic heterocycles. The van der Waals surface area contributed by atoms with Gasteiger partial charge in [0.1, 0.15) is 12.2 Å². The monoisotopic (exact) mass is 315 g/mol. The lowest BCUT2D eigenvalue weighted by molar-refractivity contribution is -0.121. The zero-order valence-electron chi connectivity index (χ0n) is 13.6. The van der Waals surface area contributed by atoms with Crippen molar-refractivity contribution in [1.29, 1.82) is 0 Å². The van der Waals surface area contributed by atoms with Crippen LogP contribution in [-0.4, -0.2) is 27.2 Å². The Kier molecular flexibility index (Phi) is 6.75. The SMILES string of the molecule is CCCCNC(=O)CCC(N)c1nncn1Cc1ccccc1. The Morgan fingerprint density at radius 3 is 2.87 bits per heavy atom. The summed E-state index contributed by atoms with van der Waals surface area (Å²) in [4.78, 5) is 11.8. The van der Waals surface area contributed by atoms with Gasteiger partial charge in [-0.1, -0.05) is 43.7 Å². The van der Waals surface area contributed by atoms with E-state index in [1.807, 2.05) is 22.8 Å². The van der Waals surface area contributed by atoms with Crippen LogP contribution in [0.1, 0.15) is 50.0 Å². The molecule has 2 aromatic rings. The molecule has 0 spiro atoms. The number of carbonyl (C=O) groups is 1. The van der Waals surface area contributed by atoms with E-state index in [9.17, 15) is 4.79 Å². The number of benzene rings is 1. The van der Waals surface area contributed by atoms with Gasteiger partial charge < -0.3 is 15.6 Å². The lowest BCUT2D eigenvalue weighted by Crippen LogP contribution is -2.26. The zero-order chi connectivity index (χ0) is 16.5. The molecule has 1 aromatic carbocycles. The van der Waals surface area contributed by atoms with Crippen LogP contribution >= 0.6 is 0 Å². The second kappa shape index (κ2) is 9.05. The summed E-state index contributed by atoms with van der Waals surface area (Å²) < 4.78 is 1.94. The number of carbonyl (C=O) groups excluding carboxylic acids is 1. The van der Waals surface area contributed by atoms with Crippen molar-refractivity contribution in [2.75, 3.05) is 6.54 Å². The molecule has 0 saturated heterocycles. The fourth-order valence-corrected chi connectivity index (χ4v) is 2.36. The maximum Gasteiger partial charge on any atom is 0.220 e. The number of aromatic nitrogens is 3. The van der Waals surface area contributed by atoms with Gasteiger partial charge in [0.25, 0.3) is 0 Å². The van der Waals surface area contributed by atoms with Crippen molar-refractivity contribution in [2.24, 2.45) is 5.73 Å². The topological polar surface area (TPSA) is 85.8 Å². The lowest BCUT2D eigenvalue weighted by atomic mass is 10.1. The number of hydrogen-bond donors (Lipinski definition) is 2. The van der Waals surface area contributed by atoms with Gasteiger partial charge in [-0.3, -0.25) is 4.79 Å². The highest BCUT2D eigenvalue weighted by molar-refractivity contribution is 5.75. The molecule has 6 nitrogen and oxygen atoms in total. The predicted octanol–water partition coefficient (Wildman–Crippen LogP) is 2.02. The van der Waals surface area contributed by atoms with E-state index < -0.39 is 0 Å². The van der Waals surface area contributed by atoms with Crippen LogP contribution in [0.2, 0.25) is 0 Å². The largest absolute Gasteiger partial charge is 0.356 e. The van der Waals surface area contributed by atoms with Gasteiger partial charge in [-0.15, -0.1) is 10.2 Å². The van der Waals surface area contributed by atoms with Crippen molar-refractivity contribution in [3.8, 4) is 0 Å². The molecule has 1 amide bonds. The normalized spacial score (nSPS) is 12.1. The van der Waals surface area contributed by atoms with Crippen molar-refractivity contribution in [3.63, 3.8) is 0 Å². The molecule has 1 aromatic heterocycles. The highest BCUT2D eigenvalue weighted by Gasteiger charge is 2.15. The Bertz CT molecular complexity index is 596. The Balaban J connectivity index is 1.87. The minimum absolute atomic E-state index is 0.0445. The highest BCUT2D eigenvalue weighted by atomic mass is 16.1. The third-order valence-electron chi connectivity index (χ3n) is 3.71. The van der Waals surface area contributed by atoms with Crippen molar-refractivity contribution in [2.45, 2.75) is 45.2 Å². The molecule has 6 heteroatoms. The van der Waals surface area contributed by atoms with Crippen molar-refractivity contribution >= 4 is 5.91 Å². The van der Waals surface area contributed by atoms with Gasteiger partial charge in [0.15, 0.2) is 0 Å². The standard InChI is InChI=1S/C17H25N5O/c1-2-3-11-19-16(23)10-9-15(18)17-21-20-13-22(17)12-14-7-5-4-6-8-14/h4-8,13,15H,2-3,9-12,18H2,1H3,(H,19,23). The average molecular weight is 315 g/mol. The van der Waals surface area contributed by atoms with Gasteiger partial charge >= 0.3 is 0 Å². The van der Waals surface area contributed by atoms with E-state index in [0.717, 1.165) is 30.8 Å². The van der Waals surface area contributed by atoms with Crippen LogP contribution in [0.15, 0.2) is 36.7 Å². The number of nitrogens with two attached hydrogens (primary N) is 1. The van der Waals surface area contributed by atoms with Gasteiger partial charge in [-0.05, 0) is 18.4 Å². The molecular formula is C17H25N5O. The summed E-state index contributed by atoms with van der Waals surface area (Å²) in [6, 6.07) is 9.80. The first-order chi connectivity index (χ1) is 11.2. The third kappa shape index (κ3) is 5.49. The molecule has 1 unspecified atom stereocenters. The molecule has 0 bridgehead atoms. The Morgan fingerprint density at radius 2 is 2.13 bits per heavy atom. The molecule has 0 fully saturated rings. The minimum atomic E-state index is -0.293. The number of unbranched alkanes of at least 4 members (excludes halogenated alkanes) is 1. The van der Waals surface area contributed by atoms with E-state index in [1.165, 1.54) is 0 Å². The number of amides is 1. The Morgan fingerprint density at radius 1 is 1.35 bits per heavy atom. The smallest absolute Gasteiger partial charge is 0.220 e. The van der Waals surface area contributed by atoms with E-state index in [1.54, 1.807) is 6.33 Å². The number of nitrogens with one attached hydrogen (secondary N) is 1. The molecule has 1 heterocycles. The number of hydrogen-bond acceptors (Lipinski definition) is 4. The van der Waals surface area contributed by atoms with Crippen LogP contribution in [-0.2, 0) is 11.3 Å². The first kappa shape index (κ1) is 17.1. The van der Waals surface area contributed by atoms with Crippen LogP contribution in [0.25, 0.3) is 0 Å². The fourth-order valence-electron chi connectivity index (χ4n) is 2.36. The van der Waals surface area contributed by atoms with Crippen molar-refractivity contribution in [3.05, 3.63) is 48.0 Å². The third-order valence-corrected chi connectivity index (χ3v) is 3.71. The molecular weight excluding hydrogens is 290 g/mol. The second-order valence-corrected chi connectivity index (χ2v) is 5.65. The maximum absolute atomic E-state index is 11.8. The van der Waals surface area contributed by atoms with E-state index in [4.69, 9.17) is 5.73 Å². The summed E-state index contributed by atoms with van der Waals surface area (Å²) in [5.41, 5.74) is 7.36. The lowest BCUT2D eigenvalue weighted by Gasteiger charge is -2.13. The summed E-state index contributed by atoms with van der Waals surface area (Å²) in [5.74, 6) is 0.762. The van der Waals surface area contributed by atoms with E-state index in [2.05, 4.69) is 34.6 Å². The van der Waals surface area contributed by atoms with Gasteiger partial charge in [0.05, 0.1) is 12.6 Å². The van der Waals surface area contributed by atoms with Gasteiger partial charge in [0, 0.05) is 13.0 Å². The highest BCUT2D eigenvalue weighted by Crippen LogP contribution is 2.14. The summed E-state index contributed by atoms with van der Waals surface area (Å²) in [6.45, 7) is 3.51. The quantitative estimate of drug-likeness (QED) is 0.693. The van der Waals surface area contributed by atoms with Crippen LogP contribution in [0.5, 0.6) is 0 Å². The van der Waals surface area contributed by atoms with Crippen molar-refractivity contribution in [1.82, 2.24) is 20.1 Å². The van der Waals surface area contributed by atoms with E-state index >= 15 is 0 Å². The minimum Gasteiger partial charge on any atom is -0.356 e. The van der Waals surface area contributed by atoms with E-state index in [0.29, 0.717) is 19.4 Å². The summed E-state index contributed by atoms with van der Waals surface area (Å²) in [7, 11) is 0. The molecule has 3 N–H and O–H groups in total. The summed E-state index contributed by atoms with van der Waals surface area (Å²) in [6.07, 6.45) is 4.73. The number of nitrogens with zero attached hydrogens (tertiary/aromatic N) is 3. The molecule has 1 atom stereocenters.